The quantitative estimate of drug-likeness (QED) is 0.423. The number of hydrogen-bond donors (Lipinski definition) is 0. The van der Waals surface area contributed by atoms with E-state index in [1.54, 1.807) is 13.8 Å². The lowest BCUT2D eigenvalue weighted by Gasteiger charge is -2.06. The van der Waals surface area contributed by atoms with Gasteiger partial charge in [-0.25, -0.2) is 4.21 Å². The molecule has 0 amide bonds. The van der Waals surface area contributed by atoms with Gasteiger partial charge in [-0.1, -0.05) is 0 Å². The summed E-state index contributed by atoms with van der Waals surface area (Å²) in [5.41, 5.74) is 0. The van der Waals surface area contributed by atoms with E-state index in [-0.39, 0.29) is 0 Å². The summed E-state index contributed by atoms with van der Waals surface area (Å²) in [7, 11) is 3.65. The highest BCUT2D eigenvalue weighted by molar-refractivity contribution is 8.10. The van der Waals surface area contributed by atoms with Crippen molar-refractivity contribution in [3.05, 3.63) is 0 Å². The van der Waals surface area contributed by atoms with Crippen molar-refractivity contribution in [2.24, 2.45) is 0 Å². The molecule has 0 heterocycles. The summed E-state index contributed by atoms with van der Waals surface area (Å²) in [4.78, 5) is 0. The third-order valence-electron chi connectivity index (χ3n) is 0.382. The third-order valence-corrected chi connectivity index (χ3v) is 2.96. The molecule has 0 aromatic heterocycles. The van der Waals surface area contributed by atoms with Gasteiger partial charge in [0.05, 0.1) is 0 Å². The molecule has 0 bridgehead atoms. The Bertz CT molecular complexity index is 85.4. The molecule has 4 heteroatoms. The number of alkyl halides is 1. The van der Waals surface area contributed by atoms with Gasteiger partial charge in [0.1, 0.15) is 14.2 Å². The molecule has 7 heavy (non-hydrogen) atoms. The summed E-state index contributed by atoms with van der Waals surface area (Å²) < 4.78 is 9.42. The molecule has 0 unspecified atom stereocenters. The van der Waals surface area contributed by atoms with Crippen LogP contribution in [-0.2, 0) is 10.0 Å². The Hall–Kier alpha value is 0.730. The topological polar surface area (TPSA) is 17.1 Å². The molecule has 0 spiro atoms. The van der Waals surface area contributed by atoms with Gasteiger partial charge >= 0.3 is 0 Å². The van der Waals surface area contributed by atoms with Gasteiger partial charge in [0, 0.05) is 0 Å². The third kappa shape index (κ3) is 3.32. The van der Waals surface area contributed by atoms with Gasteiger partial charge < -0.3 is 0 Å². The predicted molar refractivity (Wildman–Crippen MR) is 33.9 cm³/mol. The van der Waals surface area contributed by atoms with E-state index in [9.17, 15) is 4.21 Å². The van der Waals surface area contributed by atoms with E-state index in [4.69, 9.17) is 22.3 Å². The van der Waals surface area contributed by atoms with Gasteiger partial charge in [0.15, 0.2) is 0 Å². The zero-order chi connectivity index (χ0) is 6.08. The SMILES string of the molecule is CC(C)(Cl)[S@](=O)Cl. The van der Waals surface area contributed by atoms with E-state index in [0.29, 0.717) is 0 Å². The molecular formula is C3H6Cl2OS. The number of halogens is 2. The second-order valence-corrected chi connectivity index (χ2v) is 5.06. The molecule has 0 aromatic rings. The van der Waals surface area contributed by atoms with Gasteiger partial charge in [-0.05, 0) is 24.5 Å². The van der Waals surface area contributed by atoms with Crippen LogP contribution in [0.2, 0.25) is 0 Å². The van der Waals surface area contributed by atoms with Crippen molar-refractivity contribution in [3.63, 3.8) is 0 Å². The van der Waals surface area contributed by atoms with Crippen LogP contribution in [0.4, 0.5) is 0 Å². The fourth-order valence-corrected chi connectivity index (χ4v) is 0. The molecule has 0 aliphatic rings. The van der Waals surface area contributed by atoms with Crippen LogP contribution in [0, 0.1) is 0 Å². The summed E-state index contributed by atoms with van der Waals surface area (Å²) in [5.74, 6) is 0. The van der Waals surface area contributed by atoms with E-state index in [1.807, 2.05) is 0 Å². The van der Waals surface area contributed by atoms with Crippen LogP contribution in [0.15, 0.2) is 0 Å². The average molecular weight is 161 g/mol. The zero-order valence-electron chi connectivity index (χ0n) is 4.07. The Balaban J connectivity index is 3.79. The van der Waals surface area contributed by atoms with E-state index >= 15 is 0 Å². The van der Waals surface area contributed by atoms with Crippen molar-refractivity contribution >= 4 is 32.3 Å². The van der Waals surface area contributed by atoms with E-state index in [2.05, 4.69) is 0 Å². The van der Waals surface area contributed by atoms with Crippen molar-refractivity contribution in [3.8, 4) is 0 Å². The molecule has 0 fully saturated rings. The van der Waals surface area contributed by atoms with Crippen LogP contribution in [0.3, 0.4) is 0 Å². The van der Waals surface area contributed by atoms with Crippen LogP contribution in [0.5, 0.6) is 0 Å². The minimum absolute atomic E-state index is 0.790. The van der Waals surface area contributed by atoms with E-state index in [1.165, 1.54) is 0 Å². The highest BCUT2D eigenvalue weighted by atomic mass is 35.7. The first-order chi connectivity index (χ1) is 2.94. The summed E-state index contributed by atoms with van der Waals surface area (Å²) in [6.45, 7) is 3.19. The Morgan fingerprint density at radius 1 is 1.57 bits per heavy atom. The normalized spacial score (nSPS) is 16.6. The fraction of sp³-hybridized carbons (Fsp3) is 1.00. The summed E-state index contributed by atoms with van der Waals surface area (Å²) >= 11 is 5.44. The molecule has 0 rings (SSSR count). The van der Waals surface area contributed by atoms with E-state index in [0.717, 1.165) is 0 Å². The molecule has 44 valence electrons. The van der Waals surface area contributed by atoms with Crippen LogP contribution < -0.4 is 0 Å². The van der Waals surface area contributed by atoms with Crippen molar-refractivity contribution in [2.45, 2.75) is 18.1 Å². The van der Waals surface area contributed by atoms with Crippen LogP contribution in [0.1, 0.15) is 13.8 Å². The van der Waals surface area contributed by atoms with Crippen LogP contribution in [0.25, 0.3) is 0 Å². The summed E-state index contributed by atoms with van der Waals surface area (Å²) in [6.07, 6.45) is 0. The Kier molecular flexibility index (Phi) is 2.58. The molecule has 0 aliphatic heterocycles. The molecule has 0 aromatic carbocycles. The van der Waals surface area contributed by atoms with Gasteiger partial charge in [0.2, 0.25) is 0 Å². The molecule has 0 radical (unpaired) electrons. The monoisotopic (exact) mass is 160 g/mol. The molecular weight excluding hydrogens is 155 g/mol. The maximum Gasteiger partial charge on any atom is 0.135 e. The minimum atomic E-state index is -1.45. The van der Waals surface area contributed by atoms with Gasteiger partial charge in [-0.3, -0.25) is 0 Å². The highest BCUT2D eigenvalue weighted by Gasteiger charge is 2.19. The lowest BCUT2D eigenvalue weighted by atomic mass is 10.6. The molecule has 0 saturated heterocycles. The van der Waals surface area contributed by atoms with Gasteiger partial charge in [0.25, 0.3) is 0 Å². The Morgan fingerprint density at radius 2 is 1.71 bits per heavy atom. The van der Waals surface area contributed by atoms with Gasteiger partial charge in [-0.15, -0.1) is 11.6 Å². The first-order valence-corrected chi connectivity index (χ1v) is 4.07. The second kappa shape index (κ2) is 2.33. The molecule has 1 atom stereocenters. The first-order valence-electron chi connectivity index (χ1n) is 1.71. The van der Waals surface area contributed by atoms with Crippen molar-refractivity contribution in [1.29, 1.82) is 0 Å². The summed E-state index contributed by atoms with van der Waals surface area (Å²) in [6, 6.07) is 0. The second-order valence-electron chi connectivity index (χ2n) is 1.59. The number of rotatable bonds is 1. The predicted octanol–water partition coefficient (Wildman–Crippen LogP) is 1.86. The van der Waals surface area contributed by atoms with E-state index < -0.39 is 14.2 Å². The molecule has 0 aliphatic carbocycles. The smallest absolute Gasteiger partial charge is 0.135 e. The molecule has 0 saturated carbocycles. The van der Waals surface area contributed by atoms with Gasteiger partial charge in [-0.2, -0.15) is 0 Å². The largest absolute Gasteiger partial charge is 0.241 e. The van der Waals surface area contributed by atoms with Crippen molar-refractivity contribution in [1.82, 2.24) is 0 Å². The summed E-state index contributed by atoms with van der Waals surface area (Å²) in [5, 5.41) is 0. The number of hydrogen-bond acceptors (Lipinski definition) is 1. The molecule has 1 nitrogen and oxygen atoms in total. The van der Waals surface area contributed by atoms with Crippen LogP contribution >= 0.6 is 22.3 Å². The van der Waals surface area contributed by atoms with Crippen molar-refractivity contribution in [2.75, 3.05) is 0 Å². The lowest BCUT2D eigenvalue weighted by molar-refractivity contribution is 0.681. The maximum absolute atomic E-state index is 10.2. The first kappa shape index (κ1) is 7.73. The Morgan fingerprint density at radius 3 is 1.71 bits per heavy atom. The lowest BCUT2D eigenvalue weighted by Crippen LogP contribution is -2.12. The van der Waals surface area contributed by atoms with Crippen molar-refractivity contribution < 1.29 is 4.21 Å². The average Bonchev–Trinajstić information content (AvgIpc) is 1.31. The fourth-order valence-electron chi connectivity index (χ4n) is 0. The highest BCUT2D eigenvalue weighted by Crippen LogP contribution is 2.19. The Labute approximate surface area is 55.0 Å². The van der Waals surface area contributed by atoms with Crippen LogP contribution in [-0.4, -0.2) is 8.42 Å². The maximum atomic E-state index is 10.2. The minimum Gasteiger partial charge on any atom is -0.241 e. The zero-order valence-corrected chi connectivity index (χ0v) is 6.40. The standard InChI is InChI=1S/C3H6Cl2OS/c1-3(2,4)7(5)6/h1-2H3/t7-/m0/s1. The molecule has 0 N–H and O–H groups in total.